The van der Waals surface area contributed by atoms with E-state index in [2.05, 4.69) is 0 Å². The third-order valence-electron chi connectivity index (χ3n) is 3.14. The standard InChI is InChI=1S/C12H17BO3/c1-9-5-6-12(11(7-9)13(14)15)16-8-10-3-2-4-10/h5-7,10,14-15H,2-4,8H2,1H3. The molecule has 2 N–H and O–H groups in total. The van der Waals surface area contributed by atoms with Crippen LogP contribution in [0.1, 0.15) is 24.8 Å². The molecule has 16 heavy (non-hydrogen) atoms. The average Bonchev–Trinajstić information content (AvgIpc) is 2.17. The molecule has 86 valence electrons. The third kappa shape index (κ3) is 2.57. The highest BCUT2D eigenvalue weighted by Crippen LogP contribution is 2.26. The van der Waals surface area contributed by atoms with E-state index in [1.807, 2.05) is 19.1 Å². The van der Waals surface area contributed by atoms with E-state index in [1.165, 1.54) is 19.3 Å². The molecule has 1 aliphatic rings. The van der Waals surface area contributed by atoms with Gasteiger partial charge < -0.3 is 14.8 Å². The molecule has 0 amide bonds. The summed E-state index contributed by atoms with van der Waals surface area (Å²) < 4.78 is 5.64. The summed E-state index contributed by atoms with van der Waals surface area (Å²) in [6.07, 6.45) is 3.74. The molecule has 1 aromatic carbocycles. The van der Waals surface area contributed by atoms with Gasteiger partial charge in [-0.2, -0.15) is 0 Å². The lowest BCUT2D eigenvalue weighted by molar-refractivity contribution is 0.181. The van der Waals surface area contributed by atoms with Crippen molar-refractivity contribution in [1.82, 2.24) is 0 Å². The summed E-state index contributed by atoms with van der Waals surface area (Å²) >= 11 is 0. The van der Waals surface area contributed by atoms with E-state index in [1.54, 1.807) is 6.07 Å². The summed E-state index contributed by atoms with van der Waals surface area (Å²) in [5.74, 6) is 1.23. The summed E-state index contributed by atoms with van der Waals surface area (Å²) in [6.45, 7) is 2.60. The second kappa shape index (κ2) is 4.89. The maximum Gasteiger partial charge on any atom is 0.492 e. The van der Waals surface area contributed by atoms with Crippen LogP contribution in [0, 0.1) is 12.8 Å². The summed E-state index contributed by atoms with van der Waals surface area (Å²) in [5, 5.41) is 18.5. The van der Waals surface area contributed by atoms with Gasteiger partial charge in [0.05, 0.1) is 6.61 Å². The fourth-order valence-corrected chi connectivity index (χ4v) is 1.87. The minimum Gasteiger partial charge on any atom is -0.494 e. The summed E-state index contributed by atoms with van der Waals surface area (Å²) in [4.78, 5) is 0. The Bertz CT molecular complexity index is 361. The lowest BCUT2D eigenvalue weighted by atomic mass is 9.78. The van der Waals surface area contributed by atoms with Crippen LogP contribution in [0.15, 0.2) is 18.2 Å². The molecule has 0 bridgehead atoms. The van der Waals surface area contributed by atoms with Gasteiger partial charge in [0.2, 0.25) is 0 Å². The molecule has 0 aromatic heterocycles. The molecule has 1 aromatic rings. The highest BCUT2D eigenvalue weighted by molar-refractivity contribution is 6.59. The molecular weight excluding hydrogens is 203 g/mol. The number of hydrogen-bond acceptors (Lipinski definition) is 3. The number of aryl methyl sites for hydroxylation is 1. The Morgan fingerprint density at radius 1 is 1.38 bits per heavy atom. The third-order valence-corrected chi connectivity index (χ3v) is 3.14. The van der Waals surface area contributed by atoms with Crippen molar-refractivity contribution in [2.75, 3.05) is 6.61 Å². The van der Waals surface area contributed by atoms with Crippen LogP contribution in [-0.4, -0.2) is 23.8 Å². The Kier molecular flexibility index (Phi) is 3.51. The van der Waals surface area contributed by atoms with E-state index >= 15 is 0 Å². The fraction of sp³-hybridized carbons (Fsp3) is 0.500. The van der Waals surface area contributed by atoms with Crippen molar-refractivity contribution < 1.29 is 14.8 Å². The zero-order chi connectivity index (χ0) is 11.5. The van der Waals surface area contributed by atoms with Gasteiger partial charge in [0.1, 0.15) is 5.75 Å². The zero-order valence-electron chi connectivity index (χ0n) is 9.52. The van der Waals surface area contributed by atoms with Crippen molar-refractivity contribution in [2.24, 2.45) is 5.92 Å². The van der Waals surface area contributed by atoms with Crippen LogP contribution in [0.25, 0.3) is 0 Å². The highest BCUT2D eigenvalue weighted by atomic mass is 16.5. The van der Waals surface area contributed by atoms with Gasteiger partial charge in [0.25, 0.3) is 0 Å². The molecule has 0 saturated heterocycles. The van der Waals surface area contributed by atoms with Crippen LogP contribution >= 0.6 is 0 Å². The van der Waals surface area contributed by atoms with E-state index in [0.29, 0.717) is 23.7 Å². The van der Waals surface area contributed by atoms with Gasteiger partial charge in [-0.15, -0.1) is 0 Å². The summed E-state index contributed by atoms with van der Waals surface area (Å²) in [7, 11) is -1.46. The minimum atomic E-state index is -1.46. The molecule has 3 nitrogen and oxygen atoms in total. The molecule has 0 radical (unpaired) electrons. The van der Waals surface area contributed by atoms with Gasteiger partial charge in [-0.25, -0.2) is 0 Å². The average molecular weight is 220 g/mol. The zero-order valence-corrected chi connectivity index (χ0v) is 9.52. The second-order valence-electron chi connectivity index (χ2n) is 4.52. The number of hydrogen-bond donors (Lipinski definition) is 2. The van der Waals surface area contributed by atoms with Gasteiger partial charge in [0.15, 0.2) is 0 Å². The Hall–Kier alpha value is -0.995. The van der Waals surface area contributed by atoms with E-state index in [0.717, 1.165) is 5.56 Å². The summed E-state index contributed by atoms with van der Waals surface area (Å²) in [5.41, 5.74) is 1.46. The molecule has 2 rings (SSSR count). The van der Waals surface area contributed by atoms with Crippen molar-refractivity contribution >= 4 is 12.6 Å². The van der Waals surface area contributed by atoms with Crippen molar-refractivity contribution in [3.8, 4) is 5.75 Å². The van der Waals surface area contributed by atoms with Crippen molar-refractivity contribution in [3.63, 3.8) is 0 Å². The fourth-order valence-electron chi connectivity index (χ4n) is 1.87. The van der Waals surface area contributed by atoms with E-state index in [-0.39, 0.29) is 0 Å². The molecule has 0 aliphatic heterocycles. The Morgan fingerprint density at radius 2 is 2.12 bits per heavy atom. The van der Waals surface area contributed by atoms with Crippen LogP contribution in [0.2, 0.25) is 0 Å². The monoisotopic (exact) mass is 220 g/mol. The first-order valence-corrected chi connectivity index (χ1v) is 5.76. The lowest BCUT2D eigenvalue weighted by Crippen LogP contribution is -2.32. The van der Waals surface area contributed by atoms with Crippen LogP contribution in [0.5, 0.6) is 5.75 Å². The maximum absolute atomic E-state index is 9.24. The van der Waals surface area contributed by atoms with Crippen LogP contribution < -0.4 is 10.2 Å². The smallest absolute Gasteiger partial charge is 0.492 e. The van der Waals surface area contributed by atoms with E-state index in [9.17, 15) is 10.0 Å². The first-order valence-electron chi connectivity index (χ1n) is 5.76. The Labute approximate surface area is 96.2 Å². The lowest BCUT2D eigenvalue weighted by Gasteiger charge is -2.25. The van der Waals surface area contributed by atoms with Gasteiger partial charge in [-0.05, 0) is 31.7 Å². The molecule has 1 aliphatic carbocycles. The topological polar surface area (TPSA) is 49.7 Å². The van der Waals surface area contributed by atoms with Crippen molar-refractivity contribution in [3.05, 3.63) is 23.8 Å². The van der Waals surface area contributed by atoms with Crippen molar-refractivity contribution in [1.29, 1.82) is 0 Å². The molecule has 0 unspecified atom stereocenters. The van der Waals surface area contributed by atoms with Gasteiger partial charge in [-0.3, -0.25) is 0 Å². The normalized spacial score (nSPS) is 15.7. The van der Waals surface area contributed by atoms with Gasteiger partial charge >= 0.3 is 7.12 Å². The molecule has 0 atom stereocenters. The maximum atomic E-state index is 9.24. The van der Waals surface area contributed by atoms with Crippen molar-refractivity contribution in [2.45, 2.75) is 26.2 Å². The first-order chi connectivity index (χ1) is 7.66. The predicted molar refractivity (Wildman–Crippen MR) is 63.8 cm³/mol. The largest absolute Gasteiger partial charge is 0.494 e. The Balaban J connectivity index is 2.05. The number of ether oxygens (including phenoxy) is 1. The van der Waals surface area contributed by atoms with Gasteiger partial charge in [-0.1, -0.05) is 24.1 Å². The molecule has 4 heteroatoms. The molecule has 0 heterocycles. The number of benzene rings is 1. The highest BCUT2D eigenvalue weighted by Gasteiger charge is 2.21. The predicted octanol–water partition coefficient (Wildman–Crippen LogP) is 0.854. The minimum absolute atomic E-state index is 0.458. The summed E-state index contributed by atoms with van der Waals surface area (Å²) in [6, 6.07) is 5.48. The SMILES string of the molecule is Cc1ccc(OCC2CCC2)c(B(O)O)c1. The molecular formula is C12H17BO3. The van der Waals surface area contributed by atoms with Gasteiger partial charge in [0, 0.05) is 5.46 Å². The van der Waals surface area contributed by atoms with Crippen LogP contribution in [0.4, 0.5) is 0 Å². The van der Waals surface area contributed by atoms with Crippen LogP contribution in [0.3, 0.4) is 0 Å². The second-order valence-corrected chi connectivity index (χ2v) is 4.52. The molecule has 1 saturated carbocycles. The van der Waals surface area contributed by atoms with Crippen LogP contribution in [-0.2, 0) is 0 Å². The first kappa shape index (κ1) is 11.5. The number of rotatable bonds is 4. The van der Waals surface area contributed by atoms with E-state index in [4.69, 9.17) is 4.74 Å². The quantitative estimate of drug-likeness (QED) is 0.739. The Morgan fingerprint density at radius 3 is 2.69 bits per heavy atom. The molecule has 1 fully saturated rings. The molecule has 0 spiro atoms. The van der Waals surface area contributed by atoms with E-state index < -0.39 is 7.12 Å².